The Morgan fingerprint density at radius 3 is 2.06 bits per heavy atom. The van der Waals surface area contributed by atoms with Crippen molar-refractivity contribution < 1.29 is 4.57 Å². The molecule has 0 N–H and O–H groups in total. The molecule has 1 heteroatoms. The fourth-order valence-electron chi connectivity index (χ4n) is 2.45. The summed E-state index contributed by atoms with van der Waals surface area (Å²) in [6.45, 7) is 12.0. The molecule has 0 unspecified atom stereocenters. The van der Waals surface area contributed by atoms with Gasteiger partial charge in [-0.1, -0.05) is 12.1 Å². The van der Waals surface area contributed by atoms with Gasteiger partial charge in [0.05, 0.1) is 0 Å². The first-order chi connectivity index (χ1) is 8.50. The van der Waals surface area contributed by atoms with Crippen LogP contribution in [0, 0.1) is 34.6 Å². The first-order valence-electron chi connectivity index (χ1n) is 6.52. The van der Waals surface area contributed by atoms with Gasteiger partial charge in [0.15, 0.2) is 18.4 Å². The van der Waals surface area contributed by atoms with Crippen molar-refractivity contribution in [2.75, 3.05) is 0 Å². The fraction of sp³-hybridized carbons (Fsp3) is 0.353. The Hall–Kier alpha value is -1.63. The van der Waals surface area contributed by atoms with Crippen molar-refractivity contribution in [1.82, 2.24) is 0 Å². The van der Waals surface area contributed by atoms with E-state index < -0.39 is 0 Å². The van der Waals surface area contributed by atoms with E-state index in [0.717, 1.165) is 6.54 Å². The number of benzene rings is 1. The molecule has 0 radical (unpaired) electrons. The van der Waals surface area contributed by atoms with E-state index in [4.69, 9.17) is 0 Å². The predicted molar refractivity (Wildman–Crippen MR) is 75.9 cm³/mol. The number of rotatable bonds is 2. The zero-order chi connectivity index (χ0) is 13.3. The summed E-state index contributed by atoms with van der Waals surface area (Å²) in [5.41, 5.74) is 8.40. The van der Waals surface area contributed by atoms with E-state index >= 15 is 0 Å². The molecule has 0 amide bonds. The largest absolute Gasteiger partial charge is 0.198 e. The average Bonchev–Trinajstić information content (AvgIpc) is 2.34. The van der Waals surface area contributed by atoms with Crippen molar-refractivity contribution in [3.8, 4) is 0 Å². The van der Waals surface area contributed by atoms with E-state index in [0.29, 0.717) is 0 Å². The number of pyridine rings is 1. The molecule has 0 atom stereocenters. The molecule has 0 saturated carbocycles. The third-order valence-electron chi connectivity index (χ3n) is 4.02. The van der Waals surface area contributed by atoms with E-state index in [1.54, 1.807) is 0 Å². The lowest BCUT2D eigenvalue weighted by molar-refractivity contribution is -0.694. The second-order valence-corrected chi connectivity index (χ2v) is 5.21. The highest BCUT2D eigenvalue weighted by molar-refractivity contribution is 5.43. The SMILES string of the molecule is Cc1cc(C)c(C)c(C[n+]2ccccc2C)c1C. The molecule has 0 aliphatic heterocycles. The van der Waals surface area contributed by atoms with Gasteiger partial charge in [0.25, 0.3) is 0 Å². The van der Waals surface area contributed by atoms with Gasteiger partial charge in [-0.3, -0.25) is 0 Å². The van der Waals surface area contributed by atoms with Gasteiger partial charge in [-0.25, -0.2) is 0 Å². The molecule has 2 aromatic rings. The minimum absolute atomic E-state index is 0.965. The maximum Gasteiger partial charge on any atom is 0.178 e. The molecule has 1 aromatic carbocycles. The average molecular weight is 240 g/mol. The van der Waals surface area contributed by atoms with Gasteiger partial charge < -0.3 is 0 Å². The highest BCUT2D eigenvalue weighted by atomic mass is 14.9. The molecular weight excluding hydrogens is 218 g/mol. The molecule has 1 aromatic heterocycles. The van der Waals surface area contributed by atoms with Crippen molar-refractivity contribution in [2.24, 2.45) is 0 Å². The normalized spacial score (nSPS) is 10.7. The van der Waals surface area contributed by atoms with Crippen molar-refractivity contribution >= 4 is 0 Å². The van der Waals surface area contributed by atoms with Gasteiger partial charge >= 0.3 is 0 Å². The summed E-state index contributed by atoms with van der Waals surface area (Å²) in [4.78, 5) is 0. The summed E-state index contributed by atoms with van der Waals surface area (Å²) in [6, 6.07) is 8.64. The van der Waals surface area contributed by atoms with Crippen LogP contribution in [0.15, 0.2) is 30.5 Å². The number of aryl methyl sites for hydroxylation is 3. The number of hydrogen-bond acceptors (Lipinski definition) is 0. The van der Waals surface area contributed by atoms with Crippen LogP contribution in [0.25, 0.3) is 0 Å². The van der Waals surface area contributed by atoms with Crippen LogP contribution in [0.1, 0.15) is 33.5 Å². The van der Waals surface area contributed by atoms with E-state index in [1.165, 1.54) is 33.5 Å². The van der Waals surface area contributed by atoms with Gasteiger partial charge in [0, 0.05) is 24.6 Å². The van der Waals surface area contributed by atoms with Crippen LogP contribution in [0.3, 0.4) is 0 Å². The van der Waals surface area contributed by atoms with E-state index in [1.807, 2.05) is 0 Å². The monoisotopic (exact) mass is 240 g/mol. The third kappa shape index (κ3) is 2.31. The predicted octanol–water partition coefficient (Wildman–Crippen LogP) is 3.56. The molecule has 0 fully saturated rings. The Morgan fingerprint density at radius 2 is 1.50 bits per heavy atom. The zero-order valence-corrected chi connectivity index (χ0v) is 12.0. The molecule has 18 heavy (non-hydrogen) atoms. The standard InChI is InChI=1S/C17H22N/c1-12-10-13(2)16(5)17(15(12)4)11-18-9-7-6-8-14(18)3/h6-10H,11H2,1-5H3/q+1. The third-order valence-corrected chi connectivity index (χ3v) is 4.02. The fourth-order valence-corrected chi connectivity index (χ4v) is 2.45. The highest BCUT2D eigenvalue weighted by Crippen LogP contribution is 2.21. The van der Waals surface area contributed by atoms with Crippen LogP contribution in [-0.4, -0.2) is 0 Å². The summed E-state index contributed by atoms with van der Waals surface area (Å²) in [5.74, 6) is 0. The molecule has 0 aliphatic rings. The molecule has 94 valence electrons. The second kappa shape index (κ2) is 4.93. The quantitative estimate of drug-likeness (QED) is 0.707. The topological polar surface area (TPSA) is 3.88 Å². The van der Waals surface area contributed by atoms with Gasteiger partial charge in [-0.15, -0.1) is 0 Å². The minimum atomic E-state index is 0.965. The van der Waals surface area contributed by atoms with Crippen molar-refractivity contribution in [3.63, 3.8) is 0 Å². The maximum absolute atomic E-state index is 2.31. The van der Waals surface area contributed by atoms with E-state index in [-0.39, 0.29) is 0 Å². The lowest BCUT2D eigenvalue weighted by Gasteiger charge is -2.13. The van der Waals surface area contributed by atoms with Crippen LogP contribution in [0.4, 0.5) is 0 Å². The van der Waals surface area contributed by atoms with Crippen molar-refractivity contribution in [3.05, 3.63) is 64.0 Å². The van der Waals surface area contributed by atoms with Crippen molar-refractivity contribution in [1.29, 1.82) is 0 Å². The molecule has 0 aliphatic carbocycles. The van der Waals surface area contributed by atoms with Crippen LogP contribution in [0.2, 0.25) is 0 Å². The highest BCUT2D eigenvalue weighted by Gasteiger charge is 2.13. The smallest absolute Gasteiger partial charge is 0.178 e. The number of aromatic nitrogens is 1. The Labute approximate surface area is 110 Å². The molecule has 1 nitrogen and oxygen atoms in total. The van der Waals surface area contributed by atoms with Crippen LogP contribution >= 0.6 is 0 Å². The molecule has 0 bridgehead atoms. The molecule has 1 heterocycles. The van der Waals surface area contributed by atoms with Gasteiger partial charge in [-0.2, -0.15) is 4.57 Å². The minimum Gasteiger partial charge on any atom is -0.198 e. The molecular formula is C17H22N+. The molecule has 0 spiro atoms. The number of hydrogen-bond donors (Lipinski definition) is 0. The molecule has 0 saturated heterocycles. The van der Waals surface area contributed by atoms with E-state index in [2.05, 4.69) is 69.6 Å². The Kier molecular flexibility index (Phi) is 3.51. The van der Waals surface area contributed by atoms with Gasteiger partial charge in [0.2, 0.25) is 0 Å². The summed E-state index contributed by atoms with van der Waals surface area (Å²) in [7, 11) is 0. The maximum atomic E-state index is 2.31. The zero-order valence-electron chi connectivity index (χ0n) is 12.0. The van der Waals surface area contributed by atoms with Crippen LogP contribution in [0.5, 0.6) is 0 Å². The summed E-state index contributed by atoms with van der Waals surface area (Å²) in [5, 5.41) is 0. The lowest BCUT2D eigenvalue weighted by Crippen LogP contribution is -2.37. The van der Waals surface area contributed by atoms with Crippen molar-refractivity contribution in [2.45, 2.75) is 41.2 Å². The Morgan fingerprint density at radius 1 is 0.889 bits per heavy atom. The number of nitrogens with zero attached hydrogens (tertiary/aromatic N) is 1. The van der Waals surface area contributed by atoms with Gasteiger partial charge in [-0.05, 0) is 49.9 Å². The summed E-state index contributed by atoms with van der Waals surface area (Å²) in [6.07, 6.45) is 2.16. The lowest BCUT2D eigenvalue weighted by atomic mass is 9.94. The Bertz CT molecular complexity index is 556. The first-order valence-corrected chi connectivity index (χ1v) is 6.52. The van der Waals surface area contributed by atoms with Crippen LogP contribution in [-0.2, 0) is 6.54 Å². The summed E-state index contributed by atoms with van der Waals surface area (Å²) >= 11 is 0. The van der Waals surface area contributed by atoms with E-state index in [9.17, 15) is 0 Å². The Balaban J connectivity index is 2.50. The first kappa shape index (κ1) is 12.8. The molecule has 2 rings (SSSR count). The van der Waals surface area contributed by atoms with Gasteiger partial charge in [0.1, 0.15) is 0 Å². The second-order valence-electron chi connectivity index (χ2n) is 5.21. The summed E-state index contributed by atoms with van der Waals surface area (Å²) < 4.78 is 2.31. The van der Waals surface area contributed by atoms with Crippen LogP contribution < -0.4 is 4.57 Å².